The highest BCUT2D eigenvalue weighted by Gasteiger charge is 2.31. The first-order valence-corrected chi connectivity index (χ1v) is 9.27. The average Bonchev–Trinajstić information content (AvgIpc) is 2.60. The Hall–Kier alpha value is -2.88. The third-order valence-electron chi connectivity index (χ3n) is 5.05. The molecule has 0 amide bonds. The first-order chi connectivity index (χ1) is 12.8. The molecule has 0 fully saturated rings. The summed E-state index contributed by atoms with van der Waals surface area (Å²) in [5.74, 6) is 3.10. The molecular formula is C23H25N3O. The number of aromatic nitrogens is 2. The van der Waals surface area contributed by atoms with Crippen LogP contribution in [0.5, 0.6) is 11.5 Å². The zero-order valence-electron chi connectivity index (χ0n) is 16.8. The minimum atomic E-state index is 0.0992. The van der Waals surface area contributed by atoms with Gasteiger partial charge in [-0.2, -0.15) is 0 Å². The van der Waals surface area contributed by atoms with Gasteiger partial charge in [-0.3, -0.25) is 4.90 Å². The van der Waals surface area contributed by atoms with Gasteiger partial charge in [0.15, 0.2) is 23.1 Å². The van der Waals surface area contributed by atoms with E-state index in [0.717, 1.165) is 34.4 Å². The van der Waals surface area contributed by atoms with Crippen LogP contribution in [0.1, 0.15) is 43.0 Å². The summed E-state index contributed by atoms with van der Waals surface area (Å²) in [4.78, 5) is 11.4. The van der Waals surface area contributed by atoms with Crippen LogP contribution in [0.25, 0.3) is 0 Å². The van der Waals surface area contributed by atoms with Crippen LogP contribution in [-0.2, 0) is 5.41 Å². The fourth-order valence-corrected chi connectivity index (χ4v) is 3.61. The molecule has 0 atom stereocenters. The molecule has 1 aliphatic rings. The Morgan fingerprint density at radius 1 is 0.852 bits per heavy atom. The van der Waals surface area contributed by atoms with Crippen molar-refractivity contribution in [3.8, 4) is 11.5 Å². The monoisotopic (exact) mass is 359 g/mol. The minimum absolute atomic E-state index is 0.0992. The molecule has 1 aromatic carbocycles. The molecule has 0 radical (unpaired) electrons. The maximum absolute atomic E-state index is 6.15. The Morgan fingerprint density at radius 2 is 1.52 bits per heavy atom. The van der Waals surface area contributed by atoms with Gasteiger partial charge in [0.25, 0.3) is 0 Å². The van der Waals surface area contributed by atoms with E-state index in [2.05, 4.69) is 61.6 Å². The van der Waals surface area contributed by atoms with Crippen LogP contribution >= 0.6 is 0 Å². The lowest BCUT2D eigenvalue weighted by molar-refractivity contribution is 0.467. The van der Waals surface area contributed by atoms with E-state index in [0.29, 0.717) is 0 Å². The molecule has 4 nitrogen and oxygen atoms in total. The fraction of sp³-hybridized carbons (Fsp3) is 0.304. The van der Waals surface area contributed by atoms with Gasteiger partial charge in [0.2, 0.25) is 0 Å². The van der Waals surface area contributed by atoms with Crippen molar-refractivity contribution in [1.29, 1.82) is 0 Å². The molecule has 2 aromatic heterocycles. The number of benzene rings is 1. The van der Waals surface area contributed by atoms with Crippen LogP contribution in [0.15, 0.2) is 42.7 Å². The molecule has 0 N–H and O–H groups in total. The van der Waals surface area contributed by atoms with Crippen molar-refractivity contribution in [3.63, 3.8) is 0 Å². The zero-order valence-corrected chi connectivity index (χ0v) is 16.8. The number of hydrogen-bond acceptors (Lipinski definition) is 4. The molecule has 0 spiro atoms. The summed E-state index contributed by atoms with van der Waals surface area (Å²) in [5.41, 5.74) is 6.00. The van der Waals surface area contributed by atoms with Gasteiger partial charge in [-0.1, -0.05) is 32.9 Å². The van der Waals surface area contributed by atoms with Crippen LogP contribution in [-0.4, -0.2) is 9.97 Å². The maximum Gasteiger partial charge on any atom is 0.182 e. The molecule has 0 bridgehead atoms. The van der Waals surface area contributed by atoms with Crippen molar-refractivity contribution in [2.75, 3.05) is 4.90 Å². The predicted molar refractivity (Wildman–Crippen MR) is 110 cm³/mol. The lowest BCUT2D eigenvalue weighted by Crippen LogP contribution is -2.21. The van der Waals surface area contributed by atoms with Gasteiger partial charge in [-0.15, -0.1) is 0 Å². The van der Waals surface area contributed by atoms with E-state index in [4.69, 9.17) is 4.74 Å². The molecule has 138 valence electrons. The summed E-state index contributed by atoms with van der Waals surface area (Å²) < 4.78 is 6.15. The first kappa shape index (κ1) is 17.5. The van der Waals surface area contributed by atoms with Crippen molar-refractivity contribution in [2.24, 2.45) is 0 Å². The zero-order chi connectivity index (χ0) is 19.3. The topological polar surface area (TPSA) is 38.3 Å². The highest BCUT2D eigenvalue weighted by molar-refractivity contribution is 5.85. The maximum atomic E-state index is 6.15. The summed E-state index contributed by atoms with van der Waals surface area (Å²) in [6, 6.07) is 10.4. The van der Waals surface area contributed by atoms with Crippen LogP contribution in [0.4, 0.5) is 17.3 Å². The second-order valence-corrected chi connectivity index (χ2v) is 8.25. The van der Waals surface area contributed by atoms with Crippen molar-refractivity contribution in [1.82, 2.24) is 9.97 Å². The Morgan fingerprint density at radius 3 is 2.19 bits per heavy atom. The van der Waals surface area contributed by atoms with Gasteiger partial charge in [0.05, 0.1) is 5.69 Å². The van der Waals surface area contributed by atoms with E-state index in [9.17, 15) is 0 Å². The average molecular weight is 359 g/mol. The molecule has 27 heavy (non-hydrogen) atoms. The molecule has 4 rings (SSSR count). The Bertz CT molecular complexity index is 1010. The molecule has 3 heterocycles. The number of aryl methyl sites for hydroxylation is 3. The fourth-order valence-electron chi connectivity index (χ4n) is 3.61. The van der Waals surface area contributed by atoms with Gasteiger partial charge in [0.1, 0.15) is 0 Å². The number of nitrogens with zero attached hydrogens (tertiary/aromatic N) is 3. The minimum Gasteiger partial charge on any atom is -0.449 e. The lowest BCUT2D eigenvalue weighted by Gasteiger charge is -2.34. The molecular weight excluding hydrogens is 334 g/mol. The summed E-state index contributed by atoms with van der Waals surface area (Å²) in [7, 11) is 0. The lowest BCUT2D eigenvalue weighted by atomic mass is 9.84. The summed E-state index contributed by atoms with van der Waals surface area (Å²) in [5, 5.41) is 0. The predicted octanol–water partition coefficient (Wildman–Crippen LogP) is 6.27. The highest BCUT2D eigenvalue weighted by atomic mass is 16.5. The Labute approximate surface area is 160 Å². The van der Waals surface area contributed by atoms with Crippen molar-refractivity contribution < 1.29 is 4.74 Å². The van der Waals surface area contributed by atoms with Gasteiger partial charge < -0.3 is 4.74 Å². The van der Waals surface area contributed by atoms with E-state index in [1.807, 2.05) is 31.3 Å². The van der Waals surface area contributed by atoms with Gasteiger partial charge in [0, 0.05) is 12.4 Å². The van der Waals surface area contributed by atoms with Gasteiger partial charge >= 0.3 is 0 Å². The van der Waals surface area contributed by atoms with Crippen molar-refractivity contribution in [2.45, 2.75) is 47.0 Å². The molecule has 1 aliphatic heterocycles. The Balaban J connectivity index is 1.99. The van der Waals surface area contributed by atoms with Gasteiger partial charge in [-0.25, -0.2) is 9.97 Å². The first-order valence-electron chi connectivity index (χ1n) is 9.27. The smallest absolute Gasteiger partial charge is 0.182 e. The van der Waals surface area contributed by atoms with Crippen LogP contribution in [0, 0.1) is 20.8 Å². The van der Waals surface area contributed by atoms with E-state index < -0.39 is 0 Å². The number of fused-ring (bicyclic) bond motifs is 2. The summed E-state index contributed by atoms with van der Waals surface area (Å²) in [6.07, 6.45) is 3.62. The molecule has 0 saturated heterocycles. The summed E-state index contributed by atoms with van der Waals surface area (Å²) >= 11 is 0. The van der Waals surface area contributed by atoms with Crippen molar-refractivity contribution in [3.05, 3.63) is 65.0 Å². The normalized spacial score (nSPS) is 13.0. The number of hydrogen-bond donors (Lipinski definition) is 0. The molecule has 0 unspecified atom stereocenters. The largest absolute Gasteiger partial charge is 0.449 e. The van der Waals surface area contributed by atoms with Gasteiger partial charge in [-0.05, 0) is 66.6 Å². The van der Waals surface area contributed by atoms with E-state index in [1.165, 1.54) is 16.7 Å². The Kier molecular flexibility index (Phi) is 3.95. The third kappa shape index (κ3) is 2.85. The summed E-state index contributed by atoms with van der Waals surface area (Å²) in [6.45, 7) is 13.1. The van der Waals surface area contributed by atoms with E-state index in [-0.39, 0.29) is 5.41 Å². The van der Waals surface area contributed by atoms with E-state index >= 15 is 0 Å². The SMILES string of the molecule is Cc1ccnc2c1Oc1cccnc1N2c1c(C)cc(C(C)(C)C)cc1C. The molecule has 0 aliphatic carbocycles. The van der Waals surface area contributed by atoms with Crippen LogP contribution < -0.4 is 9.64 Å². The number of ether oxygens (including phenoxy) is 1. The number of pyridine rings is 2. The number of rotatable bonds is 1. The third-order valence-corrected chi connectivity index (χ3v) is 5.05. The van der Waals surface area contributed by atoms with Crippen LogP contribution in [0.3, 0.4) is 0 Å². The van der Waals surface area contributed by atoms with E-state index in [1.54, 1.807) is 6.20 Å². The quantitative estimate of drug-likeness (QED) is 0.401. The number of anilines is 3. The van der Waals surface area contributed by atoms with Crippen LogP contribution in [0.2, 0.25) is 0 Å². The highest BCUT2D eigenvalue weighted by Crippen LogP contribution is 2.50. The second-order valence-electron chi connectivity index (χ2n) is 8.25. The molecule has 3 aromatic rings. The second kappa shape index (κ2) is 6.08. The van der Waals surface area contributed by atoms with Crippen molar-refractivity contribution >= 4 is 17.3 Å². The standard InChI is InChI=1S/C23H25N3O/c1-14-9-11-25-22-20(14)27-18-8-7-10-24-21(18)26(22)19-15(2)12-17(13-16(19)3)23(4,5)6/h7-13H,1-6H3. The molecule has 4 heteroatoms. The molecule has 0 saturated carbocycles.